The van der Waals surface area contributed by atoms with E-state index in [0.717, 1.165) is 19.3 Å². The quantitative estimate of drug-likeness (QED) is 0.905. The summed E-state index contributed by atoms with van der Waals surface area (Å²) in [5.41, 5.74) is 0.325. The van der Waals surface area contributed by atoms with E-state index in [1.807, 2.05) is 7.05 Å². The van der Waals surface area contributed by atoms with Crippen molar-refractivity contribution in [3.63, 3.8) is 0 Å². The van der Waals surface area contributed by atoms with Crippen molar-refractivity contribution >= 4 is 11.6 Å². The number of nitrogens with zero attached hydrogens (tertiary/aromatic N) is 1. The summed E-state index contributed by atoms with van der Waals surface area (Å²) in [6.07, 6.45) is 4.09. The molecule has 126 valence electrons. The maximum atomic E-state index is 14.3. The molecule has 2 N–H and O–H groups in total. The molecule has 0 bridgehead atoms. The summed E-state index contributed by atoms with van der Waals surface area (Å²) in [6, 6.07) is 9.45. The van der Waals surface area contributed by atoms with Gasteiger partial charge in [0.15, 0.2) is 0 Å². The van der Waals surface area contributed by atoms with Crippen LogP contribution in [-0.2, 0) is 4.79 Å². The third kappa shape index (κ3) is 3.38. The second kappa shape index (κ2) is 6.97. The Morgan fingerprint density at radius 3 is 2.75 bits per heavy atom. The molecular formula is C18H20FN3O2. The van der Waals surface area contributed by atoms with E-state index in [-0.39, 0.29) is 23.1 Å². The Kier molecular flexibility index (Phi) is 4.76. The summed E-state index contributed by atoms with van der Waals surface area (Å²) in [5.74, 6) is -0.811. The van der Waals surface area contributed by atoms with Gasteiger partial charge in [0.2, 0.25) is 5.91 Å². The van der Waals surface area contributed by atoms with Crippen LogP contribution in [-0.4, -0.2) is 23.6 Å². The van der Waals surface area contributed by atoms with Gasteiger partial charge in [-0.15, -0.1) is 0 Å². The van der Waals surface area contributed by atoms with Crippen LogP contribution in [0.15, 0.2) is 47.4 Å². The average molecular weight is 329 g/mol. The van der Waals surface area contributed by atoms with Crippen molar-refractivity contribution in [1.29, 1.82) is 0 Å². The smallest absolute Gasteiger partial charge is 0.255 e. The summed E-state index contributed by atoms with van der Waals surface area (Å²) in [7, 11) is 1.88. The number of carbonyl (C=O) groups excluding carboxylic acids is 1. The molecule has 2 aromatic rings. The number of halogens is 1. The Morgan fingerprint density at radius 1 is 1.25 bits per heavy atom. The van der Waals surface area contributed by atoms with Crippen molar-refractivity contribution in [2.45, 2.75) is 25.3 Å². The highest BCUT2D eigenvalue weighted by Crippen LogP contribution is 2.27. The molecule has 1 heterocycles. The molecule has 5 nitrogen and oxygen atoms in total. The van der Waals surface area contributed by atoms with Crippen molar-refractivity contribution in [1.82, 2.24) is 9.88 Å². The molecule has 0 spiro atoms. The Morgan fingerprint density at radius 2 is 2.08 bits per heavy atom. The Hall–Kier alpha value is -2.47. The van der Waals surface area contributed by atoms with Crippen LogP contribution in [0.2, 0.25) is 0 Å². The van der Waals surface area contributed by atoms with Gasteiger partial charge < -0.3 is 10.6 Å². The molecule has 1 aromatic heterocycles. The third-order valence-corrected chi connectivity index (χ3v) is 4.52. The summed E-state index contributed by atoms with van der Waals surface area (Å²) in [6.45, 7) is 0. The topological polar surface area (TPSA) is 63.1 Å². The molecule has 0 saturated heterocycles. The van der Waals surface area contributed by atoms with Crippen LogP contribution < -0.4 is 16.2 Å². The lowest BCUT2D eigenvalue weighted by atomic mass is 10.1. The van der Waals surface area contributed by atoms with Crippen molar-refractivity contribution in [3.8, 4) is 5.69 Å². The van der Waals surface area contributed by atoms with Gasteiger partial charge in [0.1, 0.15) is 5.82 Å². The fraction of sp³-hybridized carbons (Fsp3) is 0.333. The number of benzene rings is 1. The molecule has 2 atom stereocenters. The van der Waals surface area contributed by atoms with Gasteiger partial charge in [-0.1, -0.05) is 6.07 Å². The fourth-order valence-corrected chi connectivity index (χ4v) is 3.11. The summed E-state index contributed by atoms with van der Waals surface area (Å²) >= 11 is 0. The van der Waals surface area contributed by atoms with E-state index in [1.54, 1.807) is 24.4 Å². The van der Waals surface area contributed by atoms with Gasteiger partial charge in [-0.2, -0.15) is 0 Å². The van der Waals surface area contributed by atoms with Gasteiger partial charge >= 0.3 is 0 Å². The van der Waals surface area contributed by atoms with Crippen LogP contribution in [0.5, 0.6) is 0 Å². The number of carbonyl (C=O) groups is 1. The average Bonchev–Trinajstić information content (AvgIpc) is 3.06. The predicted octanol–water partition coefficient (Wildman–Crippen LogP) is 2.30. The van der Waals surface area contributed by atoms with Gasteiger partial charge in [0, 0.05) is 30.3 Å². The first-order chi connectivity index (χ1) is 11.6. The monoisotopic (exact) mass is 329 g/mol. The molecule has 2 unspecified atom stereocenters. The highest BCUT2D eigenvalue weighted by atomic mass is 19.1. The minimum atomic E-state index is -0.556. The molecule has 1 saturated carbocycles. The number of hydrogen-bond acceptors (Lipinski definition) is 3. The number of rotatable bonds is 4. The Labute approximate surface area is 139 Å². The van der Waals surface area contributed by atoms with Crippen LogP contribution in [0.4, 0.5) is 10.1 Å². The van der Waals surface area contributed by atoms with Crippen molar-refractivity contribution in [3.05, 3.63) is 58.8 Å². The normalized spacial score (nSPS) is 20.1. The standard InChI is InChI=1S/C18H20FN3O2/c1-20-13-6-5-12(10-13)18(24)21-16-8-7-14(11-15(16)19)22-9-3-2-4-17(22)23/h2-4,7-9,11-13,20H,5-6,10H2,1H3,(H,21,24). The van der Waals surface area contributed by atoms with Crippen LogP contribution in [0.25, 0.3) is 5.69 Å². The molecular weight excluding hydrogens is 309 g/mol. The fourth-order valence-electron chi connectivity index (χ4n) is 3.11. The van der Waals surface area contributed by atoms with Gasteiger partial charge in [-0.25, -0.2) is 4.39 Å². The first-order valence-corrected chi connectivity index (χ1v) is 8.04. The maximum Gasteiger partial charge on any atom is 0.255 e. The van der Waals surface area contributed by atoms with Gasteiger partial charge in [0.25, 0.3) is 5.56 Å². The van der Waals surface area contributed by atoms with E-state index in [9.17, 15) is 14.0 Å². The van der Waals surface area contributed by atoms with E-state index in [0.29, 0.717) is 11.7 Å². The highest BCUT2D eigenvalue weighted by molar-refractivity contribution is 5.93. The van der Waals surface area contributed by atoms with Gasteiger partial charge in [0.05, 0.1) is 11.4 Å². The van der Waals surface area contributed by atoms with E-state index < -0.39 is 5.82 Å². The first-order valence-electron chi connectivity index (χ1n) is 8.04. The SMILES string of the molecule is CNC1CCC(C(=O)Nc2ccc(-n3ccccc3=O)cc2F)C1. The largest absolute Gasteiger partial charge is 0.323 e. The minimum absolute atomic E-state index is 0.0988. The second-order valence-electron chi connectivity index (χ2n) is 6.06. The van der Waals surface area contributed by atoms with Crippen LogP contribution in [0.1, 0.15) is 19.3 Å². The molecule has 6 heteroatoms. The van der Waals surface area contributed by atoms with E-state index >= 15 is 0 Å². The lowest BCUT2D eigenvalue weighted by molar-refractivity contribution is -0.119. The first kappa shape index (κ1) is 16.4. The predicted molar refractivity (Wildman–Crippen MR) is 90.8 cm³/mol. The van der Waals surface area contributed by atoms with E-state index in [1.165, 1.54) is 22.8 Å². The number of pyridine rings is 1. The molecule has 1 aromatic carbocycles. The molecule has 1 aliphatic carbocycles. The molecule has 0 radical (unpaired) electrons. The van der Waals surface area contributed by atoms with Crippen LogP contribution in [0, 0.1) is 11.7 Å². The summed E-state index contributed by atoms with van der Waals surface area (Å²) in [5, 5.41) is 5.83. The van der Waals surface area contributed by atoms with Crippen LogP contribution in [0.3, 0.4) is 0 Å². The van der Waals surface area contributed by atoms with Gasteiger partial charge in [-0.3, -0.25) is 14.2 Å². The number of amides is 1. The molecule has 0 aliphatic heterocycles. The van der Waals surface area contributed by atoms with E-state index in [4.69, 9.17) is 0 Å². The van der Waals surface area contributed by atoms with Crippen molar-refractivity contribution in [2.24, 2.45) is 5.92 Å². The van der Waals surface area contributed by atoms with E-state index in [2.05, 4.69) is 10.6 Å². The van der Waals surface area contributed by atoms with Gasteiger partial charge in [-0.05, 0) is 44.5 Å². The number of anilines is 1. The number of nitrogens with one attached hydrogen (secondary N) is 2. The van der Waals surface area contributed by atoms with Crippen molar-refractivity contribution in [2.75, 3.05) is 12.4 Å². The zero-order valence-electron chi connectivity index (χ0n) is 13.5. The zero-order valence-corrected chi connectivity index (χ0v) is 13.5. The lowest BCUT2D eigenvalue weighted by Gasteiger charge is -2.13. The Balaban J connectivity index is 1.75. The summed E-state index contributed by atoms with van der Waals surface area (Å²) < 4.78 is 15.7. The maximum absolute atomic E-state index is 14.3. The zero-order chi connectivity index (χ0) is 17.1. The number of hydrogen-bond donors (Lipinski definition) is 2. The van der Waals surface area contributed by atoms with Crippen LogP contribution >= 0.6 is 0 Å². The highest BCUT2D eigenvalue weighted by Gasteiger charge is 2.29. The molecule has 1 amide bonds. The summed E-state index contributed by atoms with van der Waals surface area (Å²) in [4.78, 5) is 24.1. The molecule has 24 heavy (non-hydrogen) atoms. The second-order valence-corrected chi connectivity index (χ2v) is 6.06. The minimum Gasteiger partial charge on any atom is -0.323 e. The molecule has 3 rings (SSSR count). The molecule has 1 aliphatic rings. The lowest BCUT2D eigenvalue weighted by Crippen LogP contribution is -2.25. The molecule has 1 fully saturated rings. The third-order valence-electron chi connectivity index (χ3n) is 4.52. The Bertz CT molecular complexity index is 803. The van der Waals surface area contributed by atoms with Crippen molar-refractivity contribution < 1.29 is 9.18 Å². The number of aromatic nitrogens is 1.